The molecule has 0 unspecified atom stereocenters. The first kappa shape index (κ1) is 58.1. The van der Waals surface area contributed by atoms with Crippen LogP contribution in [0, 0.1) is 0 Å². The number of ether oxygens (including phenoxy) is 3. The lowest BCUT2D eigenvalue weighted by Gasteiger charge is -2.18. The zero-order valence-corrected chi connectivity index (χ0v) is 40.5. The fourth-order valence-corrected chi connectivity index (χ4v) is 7.97. The standard InChI is InChI=1S/C54H102O6/c1-4-7-10-13-16-19-22-25-27-30-32-35-38-41-44-47-53(56)59-50-51(49-58-52(55)46-43-40-37-34-31-28-24-21-18-15-12-9-6-3)60-54(57)48-45-42-39-36-33-29-26-23-20-17-14-11-8-5-2/h23,26,51H,4-22,24-25,27-50H2,1-3H3/b26-23-/t51-/m1/s1. The van der Waals surface area contributed by atoms with Crippen LogP contribution in [0.25, 0.3) is 0 Å². The third-order valence-electron chi connectivity index (χ3n) is 12.0. The fraction of sp³-hybridized carbons (Fsp3) is 0.907. The molecule has 6 heteroatoms. The van der Waals surface area contributed by atoms with Gasteiger partial charge in [-0.15, -0.1) is 0 Å². The molecule has 6 nitrogen and oxygen atoms in total. The van der Waals surface area contributed by atoms with E-state index in [9.17, 15) is 14.4 Å². The highest BCUT2D eigenvalue weighted by atomic mass is 16.6. The summed E-state index contributed by atoms with van der Waals surface area (Å²) in [7, 11) is 0. The van der Waals surface area contributed by atoms with Gasteiger partial charge in [-0.2, -0.15) is 0 Å². The summed E-state index contributed by atoms with van der Waals surface area (Å²) < 4.78 is 16.8. The molecule has 0 spiro atoms. The van der Waals surface area contributed by atoms with Gasteiger partial charge in [0, 0.05) is 19.3 Å². The number of esters is 3. The molecule has 0 bridgehead atoms. The molecule has 354 valence electrons. The quantitative estimate of drug-likeness (QED) is 0.0263. The topological polar surface area (TPSA) is 78.9 Å². The normalized spacial score (nSPS) is 12.0. The first-order valence-electron chi connectivity index (χ1n) is 26.7. The van der Waals surface area contributed by atoms with Crippen molar-refractivity contribution in [3.05, 3.63) is 12.2 Å². The molecule has 0 saturated carbocycles. The van der Waals surface area contributed by atoms with E-state index in [1.807, 2.05) is 0 Å². The van der Waals surface area contributed by atoms with Crippen molar-refractivity contribution in [2.24, 2.45) is 0 Å². The molecular weight excluding hydrogens is 745 g/mol. The van der Waals surface area contributed by atoms with E-state index in [2.05, 4.69) is 32.9 Å². The fourth-order valence-electron chi connectivity index (χ4n) is 7.97. The molecule has 0 aliphatic carbocycles. The molecule has 0 fully saturated rings. The van der Waals surface area contributed by atoms with Gasteiger partial charge in [0.25, 0.3) is 0 Å². The zero-order valence-electron chi connectivity index (χ0n) is 40.5. The van der Waals surface area contributed by atoms with Gasteiger partial charge in [-0.1, -0.05) is 245 Å². The van der Waals surface area contributed by atoms with E-state index in [0.29, 0.717) is 19.3 Å². The molecule has 0 N–H and O–H groups in total. The Morgan fingerprint density at radius 2 is 0.550 bits per heavy atom. The van der Waals surface area contributed by atoms with Gasteiger partial charge < -0.3 is 14.2 Å². The van der Waals surface area contributed by atoms with Crippen LogP contribution in [0.4, 0.5) is 0 Å². The van der Waals surface area contributed by atoms with Gasteiger partial charge >= 0.3 is 17.9 Å². The van der Waals surface area contributed by atoms with Crippen molar-refractivity contribution in [2.75, 3.05) is 13.2 Å². The monoisotopic (exact) mass is 847 g/mol. The maximum absolute atomic E-state index is 12.8. The Kier molecular flexibility index (Phi) is 48.3. The van der Waals surface area contributed by atoms with Gasteiger partial charge in [0.1, 0.15) is 13.2 Å². The van der Waals surface area contributed by atoms with Crippen LogP contribution in [0.5, 0.6) is 0 Å². The van der Waals surface area contributed by atoms with Crippen LogP contribution < -0.4 is 0 Å². The average Bonchev–Trinajstić information content (AvgIpc) is 3.24. The first-order chi connectivity index (χ1) is 29.5. The summed E-state index contributed by atoms with van der Waals surface area (Å²) in [6.45, 7) is 6.66. The Hall–Kier alpha value is -1.85. The zero-order chi connectivity index (χ0) is 43.7. The second-order valence-electron chi connectivity index (χ2n) is 18.2. The minimum absolute atomic E-state index is 0.0679. The van der Waals surface area contributed by atoms with Crippen molar-refractivity contribution in [3.8, 4) is 0 Å². The second-order valence-corrected chi connectivity index (χ2v) is 18.2. The van der Waals surface area contributed by atoms with Crippen LogP contribution in [0.1, 0.15) is 297 Å². The Morgan fingerprint density at radius 1 is 0.317 bits per heavy atom. The van der Waals surface area contributed by atoms with Gasteiger partial charge in [0.15, 0.2) is 6.10 Å². The molecule has 0 aromatic carbocycles. The summed E-state index contributed by atoms with van der Waals surface area (Å²) in [4.78, 5) is 38.0. The number of carbonyl (C=O) groups is 3. The number of carbonyl (C=O) groups excluding carboxylic acids is 3. The van der Waals surface area contributed by atoms with E-state index in [4.69, 9.17) is 14.2 Å². The highest BCUT2D eigenvalue weighted by molar-refractivity contribution is 5.71. The third kappa shape index (κ3) is 47.2. The molecule has 60 heavy (non-hydrogen) atoms. The predicted molar refractivity (Wildman–Crippen MR) is 256 cm³/mol. The van der Waals surface area contributed by atoms with Crippen LogP contribution in [-0.4, -0.2) is 37.2 Å². The smallest absolute Gasteiger partial charge is 0.306 e. The van der Waals surface area contributed by atoms with E-state index in [0.717, 1.165) is 64.2 Å². The highest BCUT2D eigenvalue weighted by Gasteiger charge is 2.19. The Morgan fingerprint density at radius 3 is 0.833 bits per heavy atom. The van der Waals surface area contributed by atoms with Gasteiger partial charge in [-0.05, 0) is 44.9 Å². The van der Waals surface area contributed by atoms with Gasteiger partial charge in [-0.3, -0.25) is 14.4 Å². The molecule has 0 aromatic rings. The minimum atomic E-state index is -0.767. The molecule has 0 rings (SSSR count). The highest BCUT2D eigenvalue weighted by Crippen LogP contribution is 2.16. The van der Waals surface area contributed by atoms with E-state index in [-0.39, 0.29) is 31.1 Å². The summed E-state index contributed by atoms with van der Waals surface area (Å²) in [5.74, 6) is -0.858. The van der Waals surface area contributed by atoms with Crippen molar-refractivity contribution < 1.29 is 28.6 Å². The maximum Gasteiger partial charge on any atom is 0.306 e. The third-order valence-corrected chi connectivity index (χ3v) is 12.0. The van der Waals surface area contributed by atoms with Crippen LogP contribution >= 0.6 is 0 Å². The molecule has 0 aliphatic rings. The van der Waals surface area contributed by atoms with Crippen LogP contribution in [-0.2, 0) is 28.6 Å². The number of rotatable bonds is 49. The molecule has 0 aliphatic heterocycles. The largest absolute Gasteiger partial charge is 0.462 e. The molecule has 0 amide bonds. The second kappa shape index (κ2) is 49.8. The van der Waals surface area contributed by atoms with Crippen molar-refractivity contribution in [1.29, 1.82) is 0 Å². The van der Waals surface area contributed by atoms with E-state index in [1.165, 1.54) is 193 Å². The molecule has 0 radical (unpaired) electrons. The molecular formula is C54H102O6. The summed E-state index contributed by atoms with van der Waals surface area (Å²) >= 11 is 0. The van der Waals surface area contributed by atoms with E-state index < -0.39 is 6.10 Å². The Labute approximate surface area is 373 Å². The van der Waals surface area contributed by atoms with Crippen molar-refractivity contribution in [2.45, 2.75) is 303 Å². The first-order valence-corrected chi connectivity index (χ1v) is 26.7. The molecule has 1 atom stereocenters. The number of allylic oxidation sites excluding steroid dienone is 2. The number of hydrogen-bond donors (Lipinski definition) is 0. The van der Waals surface area contributed by atoms with Crippen molar-refractivity contribution >= 4 is 17.9 Å². The van der Waals surface area contributed by atoms with Crippen LogP contribution in [0.3, 0.4) is 0 Å². The van der Waals surface area contributed by atoms with Crippen LogP contribution in [0.15, 0.2) is 12.2 Å². The molecule has 0 heterocycles. The molecule has 0 aromatic heterocycles. The van der Waals surface area contributed by atoms with Crippen LogP contribution in [0.2, 0.25) is 0 Å². The summed E-state index contributed by atoms with van der Waals surface area (Å²) in [6.07, 6.45) is 54.7. The lowest BCUT2D eigenvalue weighted by Crippen LogP contribution is -2.30. The van der Waals surface area contributed by atoms with E-state index >= 15 is 0 Å². The summed E-state index contributed by atoms with van der Waals surface area (Å²) in [5.41, 5.74) is 0. The van der Waals surface area contributed by atoms with Crippen molar-refractivity contribution in [3.63, 3.8) is 0 Å². The summed E-state index contributed by atoms with van der Waals surface area (Å²) in [6, 6.07) is 0. The molecule has 0 saturated heterocycles. The lowest BCUT2D eigenvalue weighted by molar-refractivity contribution is -0.167. The number of hydrogen-bond acceptors (Lipinski definition) is 6. The summed E-state index contributed by atoms with van der Waals surface area (Å²) in [5, 5.41) is 0. The van der Waals surface area contributed by atoms with Crippen molar-refractivity contribution in [1.82, 2.24) is 0 Å². The van der Waals surface area contributed by atoms with Gasteiger partial charge in [0.2, 0.25) is 0 Å². The Bertz CT molecular complexity index is 931. The Balaban J connectivity index is 4.33. The van der Waals surface area contributed by atoms with E-state index in [1.54, 1.807) is 0 Å². The predicted octanol–water partition coefficient (Wildman–Crippen LogP) is 17.4. The SMILES string of the molecule is CCCCCCC/C=C\CCCCCCCC(=O)O[C@H](COC(=O)CCCCCCCCCCCCCCC)COC(=O)CCCCCCCCCCCCCCCCC. The van der Waals surface area contributed by atoms with Gasteiger partial charge in [-0.25, -0.2) is 0 Å². The lowest BCUT2D eigenvalue weighted by atomic mass is 10.0. The number of unbranched alkanes of at least 4 members (excludes halogenated alkanes) is 36. The van der Waals surface area contributed by atoms with Gasteiger partial charge in [0.05, 0.1) is 0 Å². The average molecular weight is 847 g/mol. The maximum atomic E-state index is 12.8. The minimum Gasteiger partial charge on any atom is -0.462 e.